The SMILES string of the molecule is CN1CCOC(C(=O)N2CCCCC2c2nnc(CC(F)(F)F)o2)C1. The van der Waals surface area contributed by atoms with E-state index in [4.69, 9.17) is 9.15 Å². The van der Waals surface area contributed by atoms with E-state index in [9.17, 15) is 18.0 Å². The summed E-state index contributed by atoms with van der Waals surface area (Å²) in [7, 11) is 1.91. The van der Waals surface area contributed by atoms with Crippen molar-refractivity contribution in [1.82, 2.24) is 20.0 Å². The topological polar surface area (TPSA) is 71.7 Å². The summed E-state index contributed by atoms with van der Waals surface area (Å²) in [6.07, 6.45) is -3.99. The second-order valence-corrected chi connectivity index (χ2v) is 6.49. The molecule has 2 atom stereocenters. The molecule has 0 aromatic carbocycles. The Labute approximate surface area is 143 Å². The van der Waals surface area contributed by atoms with Crippen LogP contribution < -0.4 is 0 Å². The highest BCUT2D eigenvalue weighted by molar-refractivity contribution is 5.81. The van der Waals surface area contributed by atoms with E-state index in [0.717, 1.165) is 19.4 Å². The summed E-state index contributed by atoms with van der Waals surface area (Å²) in [5.74, 6) is -0.586. The van der Waals surface area contributed by atoms with E-state index in [-0.39, 0.29) is 11.8 Å². The van der Waals surface area contributed by atoms with Gasteiger partial charge in [0.05, 0.1) is 6.61 Å². The number of carbonyl (C=O) groups is 1. The smallest absolute Gasteiger partial charge is 0.397 e. The molecule has 2 aliphatic rings. The number of nitrogens with zero attached hydrogens (tertiary/aromatic N) is 4. The van der Waals surface area contributed by atoms with Gasteiger partial charge in [0, 0.05) is 19.6 Å². The number of hydrogen-bond donors (Lipinski definition) is 0. The molecule has 1 aromatic rings. The highest BCUT2D eigenvalue weighted by atomic mass is 19.4. The number of rotatable bonds is 3. The Hall–Kier alpha value is -1.68. The number of hydrogen-bond acceptors (Lipinski definition) is 6. The molecule has 1 aromatic heterocycles. The lowest BCUT2D eigenvalue weighted by Gasteiger charge is -2.38. The summed E-state index contributed by atoms with van der Waals surface area (Å²) in [6.45, 7) is 2.23. The number of morpholine rings is 1. The zero-order valence-corrected chi connectivity index (χ0v) is 14.0. The number of carbonyl (C=O) groups excluding carboxylic acids is 1. The molecule has 10 heteroatoms. The summed E-state index contributed by atoms with van der Waals surface area (Å²) in [5, 5.41) is 7.24. The van der Waals surface area contributed by atoms with E-state index in [1.54, 1.807) is 4.90 Å². The Bertz CT molecular complexity index is 607. The van der Waals surface area contributed by atoms with E-state index in [2.05, 4.69) is 10.2 Å². The van der Waals surface area contributed by atoms with E-state index < -0.39 is 30.6 Å². The molecule has 0 bridgehead atoms. The van der Waals surface area contributed by atoms with Gasteiger partial charge in [-0.1, -0.05) is 0 Å². The molecule has 140 valence electrons. The molecular formula is C15H21F3N4O3. The van der Waals surface area contributed by atoms with Crippen molar-refractivity contribution < 1.29 is 27.1 Å². The van der Waals surface area contributed by atoms with Gasteiger partial charge in [-0.15, -0.1) is 10.2 Å². The maximum absolute atomic E-state index is 12.8. The minimum atomic E-state index is -4.41. The minimum absolute atomic E-state index is 0.0662. The third kappa shape index (κ3) is 4.49. The van der Waals surface area contributed by atoms with Crippen molar-refractivity contribution >= 4 is 5.91 Å². The molecule has 0 N–H and O–H groups in total. The lowest BCUT2D eigenvalue weighted by atomic mass is 10.0. The first-order chi connectivity index (χ1) is 11.8. The predicted molar refractivity (Wildman–Crippen MR) is 79.6 cm³/mol. The van der Waals surface area contributed by atoms with E-state index in [1.807, 2.05) is 11.9 Å². The second-order valence-electron chi connectivity index (χ2n) is 6.49. The molecule has 2 saturated heterocycles. The Kier molecular flexibility index (Phi) is 5.28. The first-order valence-electron chi connectivity index (χ1n) is 8.33. The average molecular weight is 362 g/mol. The van der Waals surface area contributed by atoms with Crippen LogP contribution in [0.15, 0.2) is 4.42 Å². The van der Waals surface area contributed by atoms with E-state index >= 15 is 0 Å². The van der Waals surface area contributed by atoms with Gasteiger partial charge in [-0.25, -0.2) is 0 Å². The number of halogens is 3. The molecule has 0 spiro atoms. The maximum atomic E-state index is 12.8. The van der Waals surface area contributed by atoms with Crippen molar-refractivity contribution in [2.75, 3.05) is 33.3 Å². The number of amides is 1. The van der Waals surface area contributed by atoms with Crippen LogP contribution in [0.5, 0.6) is 0 Å². The van der Waals surface area contributed by atoms with Gasteiger partial charge in [0.1, 0.15) is 18.6 Å². The van der Waals surface area contributed by atoms with Crippen LogP contribution in [0.3, 0.4) is 0 Å². The van der Waals surface area contributed by atoms with Gasteiger partial charge in [-0.05, 0) is 26.3 Å². The summed E-state index contributed by atoms with van der Waals surface area (Å²) in [4.78, 5) is 16.4. The van der Waals surface area contributed by atoms with Gasteiger partial charge >= 0.3 is 6.18 Å². The molecule has 3 rings (SSSR count). The van der Waals surface area contributed by atoms with Crippen LogP contribution in [0.4, 0.5) is 13.2 Å². The number of ether oxygens (including phenoxy) is 1. The standard InChI is InChI=1S/C15H21F3N4O3/c1-21-6-7-24-11(9-21)14(23)22-5-3-2-4-10(22)13-20-19-12(25-13)8-15(16,17)18/h10-11H,2-9H2,1H3. The van der Waals surface area contributed by atoms with Crippen LogP contribution in [0, 0.1) is 0 Å². The molecule has 1 amide bonds. The van der Waals surface area contributed by atoms with Crippen molar-refractivity contribution in [3.8, 4) is 0 Å². The quantitative estimate of drug-likeness (QED) is 0.813. The van der Waals surface area contributed by atoms with Crippen LogP contribution in [-0.2, 0) is 16.0 Å². The molecule has 2 fully saturated rings. The largest absolute Gasteiger partial charge is 0.423 e. The predicted octanol–water partition coefficient (Wildman–Crippen LogP) is 1.56. The lowest BCUT2D eigenvalue weighted by Crippen LogP contribution is -2.51. The first-order valence-corrected chi connectivity index (χ1v) is 8.33. The molecule has 0 saturated carbocycles. The number of alkyl halides is 3. The highest BCUT2D eigenvalue weighted by Crippen LogP contribution is 2.32. The van der Waals surface area contributed by atoms with Gasteiger partial charge in [0.25, 0.3) is 5.91 Å². The number of likely N-dealkylation sites (tertiary alicyclic amines) is 1. The van der Waals surface area contributed by atoms with Gasteiger partial charge in [-0.3, -0.25) is 4.79 Å². The van der Waals surface area contributed by atoms with Crippen molar-refractivity contribution in [3.63, 3.8) is 0 Å². The number of likely N-dealkylation sites (N-methyl/N-ethyl adjacent to an activating group) is 1. The monoisotopic (exact) mass is 362 g/mol. The lowest BCUT2D eigenvalue weighted by molar-refractivity contribution is -0.153. The summed E-state index contributed by atoms with van der Waals surface area (Å²) < 4.78 is 48.2. The molecule has 2 aliphatic heterocycles. The van der Waals surface area contributed by atoms with E-state index in [1.165, 1.54) is 0 Å². The zero-order valence-electron chi connectivity index (χ0n) is 14.0. The second kappa shape index (κ2) is 7.28. The Morgan fingerprint density at radius 1 is 1.28 bits per heavy atom. The Morgan fingerprint density at radius 2 is 2.08 bits per heavy atom. The first kappa shape index (κ1) is 18.1. The summed E-state index contributed by atoms with van der Waals surface area (Å²) >= 11 is 0. The molecule has 3 heterocycles. The Morgan fingerprint density at radius 3 is 2.80 bits per heavy atom. The normalized spacial score (nSPS) is 26.0. The third-order valence-electron chi connectivity index (χ3n) is 4.45. The number of aromatic nitrogens is 2. The van der Waals surface area contributed by atoms with Crippen molar-refractivity contribution in [2.24, 2.45) is 0 Å². The van der Waals surface area contributed by atoms with Crippen LogP contribution >= 0.6 is 0 Å². The van der Waals surface area contributed by atoms with Crippen LogP contribution in [-0.4, -0.2) is 71.5 Å². The van der Waals surface area contributed by atoms with Gasteiger partial charge < -0.3 is 19.0 Å². The van der Waals surface area contributed by atoms with Gasteiger partial charge in [-0.2, -0.15) is 13.2 Å². The minimum Gasteiger partial charge on any atom is -0.423 e. The molecular weight excluding hydrogens is 341 g/mol. The summed E-state index contributed by atoms with van der Waals surface area (Å²) in [6, 6.07) is -0.494. The fraction of sp³-hybridized carbons (Fsp3) is 0.800. The fourth-order valence-corrected chi connectivity index (χ4v) is 3.21. The van der Waals surface area contributed by atoms with E-state index in [0.29, 0.717) is 26.1 Å². The van der Waals surface area contributed by atoms with Gasteiger partial charge in [0.2, 0.25) is 11.8 Å². The number of piperidine rings is 1. The Balaban J connectivity index is 1.73. The van der Waals surface area contributed by atoms with Crippen LogP contribution in [0.2, 0.25) is 0 Å². The van der Waals surface area contributed by atoms with Crippen molar-refractivity contribution in [1.29, 1.82) is 0 Å². The molecule has 25 heavy (non-hydrogen) atoms. The van der Waals surface area contributed by atoms with Crippen molar-refractivity contribution in [3.05, 3.63) is 11.8 Å². The average Bonchev–Trinajstić information content (AvgIpc) is 3.00. The zero-order chi connectivity index (χ0) is 18.0. The summed E-state index contributed by atoms with van der Waals surface area (Å²) in [5.41, 5.74) is 0. The highest BCUT2D eigenvalue weighted by Gasteiger charge is 2.38. The fourth-order valence-electron chi connectivity index (χ4n) is 3.21. The molecule has 0 aliphatic carbocycles. The molecule has 2 unspecified atom stereocenters. The van der Waals surface area contributed by atoms with Crippen LogP contribution in [0.25, 0.3) is 0 Å². The molecule has 0 radical (unpaired) electrons. The van der Waals surface area contributed by atoms with Gasteiger partial charge in [0.15, 0.2) is 0 Å². The van der Waals surface area contributed by atoms with Crippen molar-refractivity contribution in [2.45, 2.75) is 44.0 Å². The maximum Gasteiger partial charge on any atom is 0.397 e. The van der Waals surface area contributed by atoms with Crippen LogP contribution in [0.1, 0.15) is 37.1 Å². The molecule has 7 nitrogen and oxygen atoms in total. The third-order valence-corrected chi connectivity index (χ3v) is 4.45.